The fraction of sp³-hybridized carbons (Fsp3) is 0.630. The summed E-state index contributed by atoms with van der Waals surface area (Å²) in [6, 6.07) is 3.67. The number of rotatable bonds is 18. The van der Waals surface area contributed by atoms with Gasteiger partial charge in [0, 0.05) is 0 Å². The molecule has 0 heterocycles. The van der Waals surface area contributed by atoms with Crippen molar-refractivity contribution in [2.45, 2.75) is 95.4 Å². The average Bonchev–Trinajstić information content (AvgIpc) is 2.92. The normalized spacial score (nSPS) is 16.6. The number of carbonyl (C=O) groups excluding carboxylic acids is 3. The van der Waals surface area contributed by atoms with E-state index in [9.17, 15) is 44.7 Å². The fourth-order valence-electron chi connectivity index (χ4n) is 4.01. The van der Waals surface area contributed by atoms with Crippen LogP contribution in [-0.4, -0.2) is 92.3 Å². The molecule has 0 bridgehead atoms. The number of carboxylic acids is 1. The maximum absolute atomic E-state index is 13.0. The van der Waals surface area contributed by atoms with E-state index < -0.39 is 79.2 Å². The number of amides is 3. The third-order valence-electron chi connectivity index (χ3n) is 6.32. The van der Waals surface area contributed by atoms with E-state index in [0.29, 0.717) is 12.0 Å². The van der Waals surface area contributed by atoms with Crippen molar-refractivity contribution in [1.82, 2.24) is 16.0 Å². The molecule has 1 aromatic rings. The van der Waals surface area contributed by atoms with Crippen molar-refractivity contribution in [3.8, 4) is 0 Å². The molecule has 3 amide bonds. The summed E-state index contributed by atoms with van der Waals surface area (Å²) >= 11 is 0. The molecule has 40 heavy (non-hydrogen) atoms. The van der Waals surface area contributed by atoms with Crippen LogP contribution < -0.4 is 21.7 Å². The molecule has 7 atom stereocenters. The largest absolute Gasteiger partial charge is 0.481 e. The first kappa shape index (κ1) is 34.9. The quantitative estimate of drug-likeness (QED) is 0.104. The number of aliphatic carboxylic acids is 1. The number of nitrogens with two attached hydrogens (primary N) is 1. The van der Waals surface area contributed by atoms with Crippen LogP contribution in [0.5, 0.6) is 0 Å². The molecule has 226 valence electrons. The van der Waals surface area contributed by atoms with E-state index >= 15 is 0 Å². The van der Waals surface area contributed by atoms with Gasteiger partial charge in [0.05, 0.1) is 31.2 Å². The van der Waals surface area contributed by atoms with Crippen LogP contribution in [0.3, 0.4) is 0 Å². The SMILES string of the molecule is CCCCC(N)C(=O)NC(CC(C)C)C(=O)NC(CO)C(O)C(O)C(O)C(=O)NC(CC(=O)O)c1ccccc1. The van der Waals surface area contributed by atoms with Crippen molar-refractivity contribution in [3.63, 3.8) is 0 Å². The fourth-order valence-corrected chi connectivity index (χ4v) is 4.01. The first-order chi connectivity index (χ1) is 18.8. The lowest BCUT2D eigenvalue weighted by Gasteiger charge is -2.31. The number of benzene rings is 1. The highest BCUT2D eigenvalue weighted by Gasteiger charge is 2.37. The predicted molar refractivity (Wildman–Crippen MR) is 146 cm³/mol. The van der Waals surface area contributed by atoms with Crippen LogP contribution in [0.15, 0.2) is 30.3 Å². The Hall–Kier alpha value is -3.10. The highest BCUT2D eigenvalue weighted by molar-refractivity contribution is 5.90. The zero-order valence-electron chi connectivity index (χ0n) is 23.2. The molecule has 10 N–H and O–H groups in total. The molecule has 0 aliphatic heterocycles. The van der Waals surface area contributed by atoms with Crippen LogP contribution >= 0.6 is 0 Å². The topological polar surface area (TPSA) is 232 Å². The summed E-state index contributed by atoms with van der Waals surface area (Å²) < 4.78 is 0. The standard InChI is InChI=1S/C27H44N4O9/c1-4-5-11-17(28)25(38)30-19(12-15(2)3)26(39)31-20(14-32)22(35)23(36)24(37)27(40)29-18(13-21(33)34)16-9-7-6-8-10-16/h6-10,15,17-20,22-24,32,35-37H,4-5,11-14,28H2,1-3H3,(H,29,40)(H,30,38)(H,31,39)(H,33,34). The molecule has 0 saturated carbocycles. The second kappa shape index (κ2) is 17.6. The Balaban J connectivity index is 2.93. The van der Waals surface area contributed by atoms with Crippen molar-refractivity contribution in [2.24, 2.45) is 11.7 Å². The number of carbonyl (C=O) groups is 4. The molecule has 13 heteroatoms. The molecule has 0 radical (unpaired) electrons. The molecule has 13 nitrogen and oxygen atoms in total. The summed E-state index contributed by atoms with van der Waals surface area (Å²) in [6.07, 6.45) is -4.71. The number of aliphatic hydroxyl groups excluding tert-OH is 4. The van der Waals surface area contributed by atoms with Gasteiger partial charge in [-0.3, -0.25) is 19.2 Å². The summed E-state index contributed by atoms with van der Waals surface area (Å²) in [4.78, 5) is 49.4. The smallest absolute Gasteiger partial charge is 0.305 e. The van der Waals surface area contributed by atoms with E-state index in [1.165, 1.54) is 0 Å². The number of carboxylic acid groups (broad SMARTS) is 1. The number of nitrogens with one attached hydrogen (secondary N) is 3. The molecule has 0 aliphatic rings. The maximum Gasteiger partial charge on any atom is 0.305 e. The highest BCUT2D eigenvalue weighted by Crippen LogP contribution is 2.18. The van der Waals surface area contributed by atoms with Gasteiger partial charge in [-0.2, -0.15) is 0 Å². The lowest BCUT2D eigenvalue weighted by atomic mass is 9.98. The third kappa shape index (κ3) is 11.6. The lowest BCUT2D eigenvalue weighted by Crippen LogP contribution is -2.60. The number of hydrogen-bond donors (Lipinski definition) is 9. The van der Waals surface area contributed by atoms with Gasteiger partial charge in [0.2, 0.25) is 11.8 Å². The minimum absolute atomic E-state index is 0.0279. The van der Waals surface area contributed by atoms with E-state index in [2.05, 4.69) is 16.0 Å². The van der Waals surface area contributed by atoms with Gasteiger partial charge in [-0.15, -0.1) is 0 Å². The lowest BCUT2D eigenvalue weighted by molar-refractivity contribution is -0.145. The molecule has 0 spiro atoms. The maximum atomic E-state index is 13.0. The van der Waals surface area contributed by atoms with Gasteiger partial charge < -0.3 is 47.2 Å². The van der Waals surface area contributed by atoms with E-state index in [-0.39, 0.29) is 12.3 Å². The van der Waals surface area contributed by atoms with E-state index in [1.54, 1.807) is 30.3 Å². The first-order valence-corrected chi connectivity index (χ1v) is 13.4. The van der Waals surface area contributed by atoms with E-state index in [4.69, 9.17) is 5.73 Å². The second-order valence-electron chi connectivity index (χ2n) is 10.2. The summed E-state index contributed by atoms with van der Waals surface area (Å²) in [5.74, 6) is -3.71. The summed E-state index contributed by atoms with van der Waals surface area (Å²) in [5, 5.41) is 57.8. The van der Waals surface area contributed by atoms with Crippen LogP contribution in [0.2, 0.25) is 0 Å². The highest BCUT2D eigenvalue weighted by atomic mass is 16.4. The predicted octanol–water partition coefficient (Wildman–Crippen LogP) is -1.07. The molecule has 0 aromatic heterocycles. The van der Waals surface area contributed by atoms with Crippen molar-refractivity contribution >= 4 is 23.7 Å². The van der Waals surface area contributed by atoms with Crippen LogP contribution in [0, 0.1) is 5.92 Å². The van der Waals surface area contributed by atoms with E-state index in [1.807, 2.05) is 20.8 Å². The Labute approximate surface area is 234 Å². The summed E-state index contributed by atoms with van der Waals surface area (Å²) in [6.45, 7) is 4.73. The Morgan fingerprint density at radius 2 is 1.52 bits per heavy atom. The Kier molecular flexibility index (Phi) is 15.3. The minimum atomic E-state index is -2.23. The van der Waals surface area contributed by atoms with Crippen LogP contribution in [0.25, 0.3) is 0 Å². The summed E-state index contributed by atoms with van der Waals surface area (Å²) in [5.41, 5.74) is 6.34. The van der Waals surface area contributed by atoms with E-state index in [0.717, 1.165) is 12.8 Å². The van der Waals surface area contributed by atoms with Crippen molar-refractivity contribution in [2.75, 3.05) is 6.61 Å². The van der Waals surface area contributed by atoms with Gasteiger partial charge in [-0.1, -0.05) is 63.9 Å². The van der Waals surface area contributed by atoms with Crippen LogP contribution in [0.1, 0.15) is 64.5 Å². The van der Waals surface area contributed by atoms with Gasteiger partial charge in [0.25, 0.3) is 5.91 Å². The van der Waals surface area contributed by atoms with Crippen molar-refractivity contribution in [1.29, 1.82) is 0 Å². The molecular formula is C27H44N4O9. The van der Waals surface area contributed by atoms with Gasteiger partial charge in [0.15, 0.2) is 6.10 Å². The first-order valence-electron chi connectivity index (χ1n) is 13.4. The zero-order chi connectivity index (χ0) is 30.4. The van der Waals surface area contributed by atoms with Gasteiger partial charge in [0.1, 0.15) is 18.2 Å². The van der Waals surface area contributed by atoms with Crippen LogP contribution in [-0.2, 0) is 19.2 Å². The number of aliphatic hydroxyl groups is 4. The average molecular weight is 569 g/mol. The molecule has 7 unspecified atom stereocenters. The van der Waals surface area contributed by atoms with Crippen LogP contribution in [0.4, 0.5) is 0 Å². The molecule has 0 fully saturated rings. The minimum Gasteiger partial charge on any atom is -0.481 e. The Morgan fingerprint density at radius 1 is 0.900 bits per heavy atom. The third-order valence-corrected chi connectivity index (χ3v) is 6.32. The monoisotopic (exact) mass is 568 g/mol. The molecule has 1 rings (SSSR count). The van der Waals surface area contributed by atoms with Gasteiger partial charge in [-0.25, -0.2) is 0 Å². The van der Waals surface area contributed by atoms with Gasteiger partial charge in [-0.05, 0) is 24.3 Å². The molecule has 0 saturated heterocycles. The second-order valence-corrected chi connectivity index (χ2v) is 10.2. The number of unbranched alkanes of at least 4 members (excludes halogenated alkanes) is 1. The zero-order valence-corrected chi connectivity index (χ0v) is 23.2. The van der Waals surface area contributed by atoms with Gasteiger partial charge >= 0.3 is 5.97 Å². The molecule has 1 aromatic carbocycles. The van der Waals surface area contributed by atoms with Crippen molar-refractivity contribution < 1.29 is 44.7 Å². The number of hydrogen-bond acceptors (Lipinski definition) is 9. The van der Waals surface area contributed by atoms with Crippen molar-refractivity contribution in [3.05, 3.63) is 35.9 Å². The Bertz CT molecular complexity index is 947. The Morgan fingerprint density at radius 3 is 2.05 bits per heavy atom. The molecule has 0 aliphatic carbocycles. The summed E-state index contributed by atoms with van der Waals surface area (Å²) in [7, 11) is 0. The molecular weight excluding hydrogens is 524 g/mol.